The number of sulfonamides is 1. The fourth-order valence-electron chi connectivity index (χ4n) is 4.30. The first-order valence-electron chi connectivity index (χ1n) is 13.8. The molecule has 3 aromatic rings. The van der Waals surface area contributed by atoms with Crippen LogP contribution in [0.15, 0.2) is 65.6 Å². The van der Waals surface area contributed by atoms with E-state index in [1.165, 1.54) is 37.3 Å². The Morgan fingerprint density at radius 1 is 0.930 bits per heavy atom. The van der Waals surface area contributed by atoms with Gasteiger partial charge in [-0.3, -0.25) is 13.9 Å². The number of amides is 2. The van der Waals surface area contributed by atoms with Crippen molar-refractivity contribution in [2.75, 3.05) is 31.6 Å². The number of hydrogen-bond acceptors (Lipinski definition) is 6. The number of carbonyl (C=O) groups excluding carboxylic acids is 2. The van der Waals surface area contributed by atoms with Gasteiger partial charge in [-0.2, -0.15) is 0 Å². The largest absolute Gasteiger partial charge is 0.493 e. The van der Waals surface area contributed by atoms with Gasteiger partial charge in [0, 0.05) is 19.2 Å². The first-order chi connectivity index (χ1) is 20.4. The van der Waals surface area contributed by atoms with Gasteiger partial charge in [0.2, 0.25) is 11.8 Å². The topological polar surface area (TPSA) is 105 Å². The second-order valence-electron chi connectivity index (χ2n) is 9.95. The summed E-state index contributed by atoms with van der Waals surface area (Å²) >= 11 is 12.3. The molecule has 9 nitrogen and oxygen atoms in total. The highest BCUT2D eigenvalue weighted by Gasteiger charge is 2.33. The average molecular weight is 651 g/mol. The standard InChI is InChI=1S/C31H37Cl2N3O6S/c1-6-7-16-34-31(38)22(3)35(19-23-10-14-26(32)27(33)17-23)30(37)20-36(24-11-8-21(2)9-12-24)43(39,40)25-13-15-28(41-4)29(18-25)42-5/h8-15,17-18,22H,6-7,16,19-20H2,1-5H3,(H,34,38)/t22-/m1/s1. The molecule has 0 spiro atoms. The summed E-state index contributed by atoms with van der Waals surface area (Å²) in [5, 5.41) is 3.50. The van der Waals surface area contributed by atoms with Crippen LogP contribution in [-0.4, -0.2) is 58.5 Å². The van der Waals surface area contributed by atoms with Crippen molar-refractivity contribution in [2.45, 2.75) is 51.1 Å². The third-order valence-corrected chi connectivity index (χ3v) is 9.39. The van der Waals surface area contributed by atoms with Crippen molar-refractivity contribution in [3.05, 3.63) is 81.8 Å². The second kappa shape index (κ2) is 15.3. The van der Waals surface area contributed by atoms with Gasteiger partial charge in [-0.1, -0.05) is 60.3 Å². The van der Waals surface area contributed by atoms with Crippen molar-refractivity contribution in [1.29, 1.82) is 0 Å². The summed E-state index contributed by atoms with van der Waals surface area (Å²) in [5.74, 6) is -0.368. The number of carbonyl (C=O) groups is 2. The zero-order valence-electron chi connectivity index (χ0n) is 24.9. The summed E-state index contributed by atoms with van der Waals surface area (Å²) in [6, 6.07) is 15.0. The minimum absolute atomic E-state index is 0.00374. The second-order valence-corrected chi connectivity index (χ2v) is 12.6. The molecule has 0 radical (unpaired) electrons. The van der Waals surface area contributed by atoms with Gasteiger partial charge in [-0.05, 0) is 62.2 Å². The van der Waals surface area contributed by atoms with E-state index < -0.39 is 28.5 Å². The van der Waals surface area contributed by atoms with Gasteiger partial charge < -0.3 is 19.7 Å². The number of nitrogens with one attached hydrogen (secondary N) is 1. The van der Waals surface area contributed by atoms with Crippen molar-refractivity contribution in [3.8, 4) is 11.5 Å². The van der Waals surface area contributed by atoms with E-state index in [1.54, 1.807) is 49.4 Å². The van der Waals surface area contributed by atoms with Crippen LogP contribution in [0.4, 0.5) is 5.69 Å². The summed E-state index contributed by atoms with van der Waals surface area (Å²) in [4.78, 5) is 28.4. The third-order valence-electron chi connectivity index (χ3n) is 6.88. The number of aryl methyl sites for hydroxylation is 1. The molecule has 3 aromatic carbocycles. The van der Waals surface area contributed by atoms with Gasteiger partial charge in [-0.15, -0.1) is 0 Å². The van der Waals surface area contributed by atoms with Crippen molar-refractivity contribution >= 4 is 50.7 Å². The molecule has 0 saturated carbocycles. The van der Waals surface area contributed by atoms with Crippen LogP contribution in [0.1, 0.15) is 37.8 Å². The lowest BCUT2D eigenvalue weighted by atomic mass is 10.1. The Morgan fingerprint density at radius 3 is 2.21 bits per heavy atom. The summed E-state index contributed by atoms with van der Waals surface area (Å²) in [5.41, 5.74) is 1.82. The van der Waals surface area contributed by atoms with Crippen molar-refractivity contribution < 1.29 is 27.5 Å². The van der Waals surface area contributed by atoms with Crippen molar-refractivity contribution in [3.63, 3.8) is 0 Å². The monoisotopic (exact) mass is 649 g/mol. The Morgan fingerprint density at radius 2 is 1.60 bits per heavy atom. The minimum atomic E-state index is -4.29. The molecular formula is C31H37Cl2N3O6S. The zero-order chi connectivity index (χ0) is 31.7. The fourth-order valence-corrected chi connectivity index (χ4v) is 6.05. The molecule has 1 atom stereocenters. The quantitative estimate of drug-likeness (QED) is 0.220. The van der Waals surface area contributed by atoms with Gasteiger partial charge >= 0.3 is 0 Å². The highest BCUT2D eigenvalue weighted by molar-refractivity contribution is 7.92. The van der Waals surface area contributed by atoms with Gasteiger partial charge in [0.1, 0.15) is 12.6 Å². The lowest BCUT2D eigenvalue weighted by molar-refractivity contribution is -0.139. The average Bonchev–Trinajstić information content (AvgIpc) is 3.00. The first kappa shape index (κ1) is 34.0. The number of rotatable bonds is 14. The summed E-state index contributed by atoms with van der Waals surface area (Å²) in [6.07, 6.45) is 1.67. The van der Waals surface area contributed by atoms with Crippen LogP contribution in [0.25, 0.3) is 0 Å². The lowest BCUT2D eigenvalue weighted by Gasteiger charge is -2.32. The Labute approximate surface area is 263 Å². The molecule has 0 aliphatic rings. The lowest BCUT2D eigenvalue weighted by Crippen LogP contribution is -2.51. The molecule has 0 aromatic heterocycles. The van der Waals surface area contributed by atoms with E-state index in [0.717, 1.165) is 22.7 Å². The molecule has 0 aliphatic carbocycles. The molecule has 2 amide bonds. The molecule has 0 unspecified atom stereocenters. The van der Waals surface area contributed by atoms with Crippen molar-refractivity contribution in [1.82, 2.24) is 10.2 Å². The van der Waals surface area contributed by atoms with E-state index in [1.807, 2.05) is 13.8 Å². The van der Waals surface area contributed by atoms with Crippen LogP contribution < -0.4 is 19.1 Å². The number of methoxy groups -OCH3 is 2. The summed E-state index contributed by atoms with van der Waals surface area (Å²) < 4.78 is 39.8. The Balaban J connectivity index is 2.05. The number of anilines is 1. The van der Waals surface area contributed by atoms with E-state index in [0.29, 0.717) is 27.9 Å². The van der Waals surface area contributed by atoms with Crippen LogP contribution >= 0.6 is 23.2 Å². The maximum Gasteiger partial charge on any atom is 0.264 e. The molecule has 0 heterocycles. The Kier molecular flexibility index (Phi) is 12.1. The molecular weight excluding hydrogens is 613 g/mol. The molecule has 3 rings (SSSR count). The zero-order valence-corrected chi connectivity index (χ0v) is 27.2. The summed E-state index contributed by atoms with van der Waals surface area (Å²) in [7, 11) is -1.43. The third kappa shape index (κ3) is 8.55. The minimum Gasteiger partial charge on any atom is -0.493 e. The maximum atomic E-state index is 14.1. The molecule has 232 valence electrons. The predicted octanol–water partition coefficient (Wildman–Crippen LogP) is 5.85. The van der Waals surface area contributed by atoms with Crippen LogP contribution in [0.5, 0.6) is 11.5 Å². The molecule has 43 heavy (non-hydrogen) atoms. The smallest absolute Gasteiger partial charge is 0.264 e. The van der Waals surface area contributed by atoms with E-state index in [2.05, 4.69) is 5.32 Å². The van der Waals surface area contributed by atoms with Gasteiger partial charge in [0.05, 0.1) is 34.8 Å². The van der Waals surface area contributed by atoms with E-state index >= 15 is 0 Å². The summed E-state index contributed by atoms with van der Waals surface area (Å²) in [6.45, 7) is 5.37. The van der Waals surface area contributed by atoms with E-state index in [9.17, 15) is 18.0 Å². The van der Waals surface area contributed by atoms with Gasteiger partial charge in [-0.25, -0.2) is 8.42 Å². The van der Waals surface area contributed by atoms with Crippen LogP contribution in [0.2, 0.25) is 10.0 Å². The van der Waals surface area contributed by atoms with E-state index in [-0.39, 0.29) is 28.8 Å². The normalized spacial score (nSPS) is 11.9. The molecule has 0 aliphatic heterocycles. The number of benzene rings is 3. The fraction of sp³-hybridized carbons (Fsp3) is 0.355. The van der Waals surface area contributed by atoms with Gasteiger partial charge in [0.25, 0.3) is 10.0 Å². The predicted molar refractivity (Wildman–Crippen MR) is 170 cm³/mol. The number of halogens is 2. The number of ether oxygens (including phenoxy) is 2. The van der Waals surface area contributed by atoms with E-state index in [4.69, 9.17) is 32.7 Å². The molecule has 0 fully saturated rings. The van der Waals surface area contributed by atoms with Crippen LogP contribution in [-0.2, 0) is 26.2 Å². The molecule has 1 N–H and O–H groups in total. The SMILES string of the molecule is CCCCNC(=O)[C@@H](C)N(Cc1ccc(Cl)c(Cl)c1)C(=O)CN(c1ccc(C)cc1)S(=O)(=O)c1ccc(OC)c(OC)c1. The highest BCUT2D eigenvalue weighted by Crippen LogP contribution is 2.32. The first-order valence-corrected chi connectivity index (χ1v) is 15.9. The van der Waals surface area contributed by atoms with Crippen LogP contribution in [0.3, 0.4) is 0 Å². The number of hydrogen-bond donors (Lipinski definition) is 1. The molecule has 0 bridgehead atoms. The van der Waals surface area contributed by atoms with Gasteiger partial charge in [0.15, 0.2) is 11.5 Å². The van der Waals surface area contributed by atoms with Crippen LogP contribution in [0, 0.1) is 6.92 Å². The van der Waals surface area contributed by atoms with Crippen molar-refractivity contribution in [2.24, 2.45) is 0 Å². The Bertz CT molecular complexity index is 1530. The number of nitrogens with zero attached hydrogens (tertiary/aromatic N) is 2. The Hall–Kier alpha value is -3.47. The molecule has 0 saturated heterocycles. The highest BCUT2D eigenvalue weighted by atomic mass is 35.5. The molecule has 12 heteroatoms. The number of unbranched alkanes of at least 4 members (excludes halogenated alkanes) is 1. The maximum absolute atomic E-state index is 14.1.